The summed E-state index contributed by atoms with van der Waals surface area (Å²) in [4.78, 5) is 15.0. The van der Waals surface area contributed by atoms with E-state index < -0.39 is 6.29 Å². The molecule has 4 unspecified atom stereocenters. The number of carbonyl (C=O) groups is 1. The van der Waals surface area contributed by atoms with Crippen LogP contribution in [0.4, 0.5) is 10.5 Å². The Kier molecular flexibility index (Phi) is 10.6. The molecule has 6 rings (SSSR count). The maximum Gasteiger partial charge on any atom is 0.319 e. The molecule has 46 heavy (non-hydrogen) atoms. The first-order valence-corrected chi connectivity index (χ1v) is 15.8. The second-order valence-corrected chi connectivity index (χ2v) is 11.7. The number of aliphatic hydroxyl groups is 1. The number of benzene rings is 4. The Bertz CT molecular complexity index is 1530. The van der Waals surface area contributed by atoms with Crippen LogP contribution in [0.2, 0.25) is 0 Å². The lowest BCUT2D eigenvalue weighted by Gasteiger charge is -2.43. The monoisotopic (exact) mass is 623 g/mol. The van der Waals surface area contributed by atoms with E-state index in [1.54, 1.807) is 12.1 Å². The standard InChI is InChI=1S/C37H41N3O6/c1-26-34(24-40-19-21-43-22-20-40)45-36(46-35(26)29-11-9-28(25-41)10-12-29)30-13-7-27(8-14-30)23-38-37(42)39-31-15-17-33(18-16-31)44-32-5-3-2-4-6-32/h2-18,26,34-36,41H,19-25H2,1H3,(H2,38,39,42). The quantitative estimate of drug-likeness (QED) is 0.188. The molecule has 0 aromatic heterocycles. The molecule has 0 radical (unpaired) electrons. The van der Waals surface area contributed by atoms with Gasteiger partial charge >= 0.3 is 6.03 Å². The maximum atomic E-state index is 12.6. The highest BCUT2D eigenvalue weighted by Gasteiger charge is 2.39. The molecule has 2 aliphatic heterocycles. The molecule has 9 heteroatoms. The summed E-state index contributed by atoms with van der Waals surface area (Å²) in [5.74, 6) is 1.56. The fraction of sp³-hybridized carbons (Fsp3) is 0.324. The molecule has 4 aromatic carbocycles. The van der Waals surface area contributed by atoms with E-state index in [-0.39, 0.29) is 30.8 Å². The van der Waals surface area contributed by atoms with Gasteiger partial charge in [0.1, 0.15) is 11.5 Å². The van der Waals surface area contributed by atoms with Gasteiger partial charge in [0.25, 0.3) is 0 Å². The van der Waals surface area contributed by atoms with Crippen LogP contribution in [0.25, 0.3) is 0 Å². The minimum absolute atomic E-state index is 0.00727. The van der Waals surface area contributed by atoms with Crippen molar-refractivity contribution < 1.29 is 28.8 Å². The molecule has 0 spiro atoms. The van der Waals surface area contributed by atoms with Gasteiger partial charge in [-0.2, -0.15) is 0 Å². The first kappa shape index (κ1) is 31.7. The third-order valence-corrected chi connectivity index (χ3v) is 8.46. The maximum absolute atomic E-state index is 12.6. The van der Waals surface area contributed by atoms with Gasteiger partial charge in [0, 0.05) is 43.3 Å². The normalized spacial score (nSPS) is 21.8. The molecule has 4 aromatic rings. The van der Waals surface area contributed by atoms with Crippen LogP contribution in [-0.4, -0.2) is 55.0 Å². The lowest BCUT2D eigenvalue weighted by Crippen LogP contribution is -2.47. The number of aliphatic hydroxyl groups excluding tert-OH is 1. The van der Waals surface area contributed by atoms with Crippen molar-refractivity contribution in [2.75, 3.05) is 38.2 Å². The highest BCUT2D eigenvalue weighted by Crippen LogP contribution is 2.42. The number of nitrogens with one attached hydrogen (secondary N) is 2. The van der Waals surface area contributed by atoms with Gasteiger partial charge in [-0.15, -0.1) is 0 Å². The number of carbonyl (C=O) groups excluding carboxylic acids is 1. The van der Waals surface area contributed by atoms with Crippen LogP contribution < -0.4 is 15.4 Å². The molecular formula is C37H41N3O6. The molecule has 240 valence electrons. The third kappa shape index (κ3) is 8.31. The van der Waals surface area contributed by atoms with Gasteiger partial charge in [0.15, 0.2) is 6.29 Å². The Hall–Kier alpha value is -4.25. The number of amides is 2. The lowest BCUT2D eigenvalue weighted by molar-refractivity contribution is -0.277. The minimum atomic E-state index is -0.538. The highest BCUT2D eigenvalue weighted by molar-refractivity contribution is 5.89. The fourth-order valence-corrected chi connectivity index (χ4v) is 5.75. The number of nitrogens with zero attached hydrogens (tertiary/aromatic N) is 1. The summed E-state index contributed by atoms with van der Waals surface area (Å²) in [5, 5.41) is 15.3. The van der Waals surface area contributed by atoms with Gasteiger partial charge < -0.3 is 34.7 Å². The van der Waals surface area contributed by atoms with Crippen molar-refractivity contribution in [2.24, 2.45) is 5.92 Å². The van der Waals surface area contributed by atoms with E-state index in [0.29, 0.717) is 18.0 Å². The molecule has 0 aliphatic carbocycles. The first-order valence-electron chi connectivity index (χ1n) is 15.8. The number of para-hydroxylation sites is 1. The largest absolute Gasteiger partial charge is 0.457 e. The number of hydrogen-bond donors (Lipinski definition) is 3. The van der Waals surface area contributed by atoms with Crippen LogP contribution in [0.3, 0.4) is 0 Å². The molecule has 3 N–H and O–H groups in total. The molecule has 4 atom stereocenters. The van der Waals surface area contributed by atoms with Crippen molar-refractivity contribution in [3.05, 3.63) is 125 Å². The predicted octanol–water partition coefficient (Wildman–Crippen LogP) is 6.42. The molecule has 9 nitrogen and oxygen atoms in total. The summed E-state index contributed by atoms with van der Waals surface area (Å²) < 4.78 is 24.6. The number of ether oxygens (including phenoxy) is 4. The van der Waals surface area contributed by atoms with E-state index in [9.17, 15) is 9.90 Å². The summed E-state index contributed by atoms with van der Waals surface area (Å²) >= 11 is 0. The van der Waals surface area contributed by atoms with Crippen LogP contribution >= 0.6 is 0 Å². The van der Waals surface area contributed by atoms with Crippen LogP contribution in [0, 0.1) is 5.92 Å². The second kappa shape index (κ2) is 15.4. The molecule has 0 saturated carbocycles. The number of urea groups is 1. The number of morpholine rings is 1. The molecule has 2 amide bonds. The SMILES string of the molecule is CC1C(CN2CCOCC2)OC(c2ccc(CNC(=O)Nc3ccc(Oc4ccccc4)cc3)cc2)OC1c1ccc(CO)cc1. The van der Waals surface area contributed by atoms with Gasteiger partial charge in [-0.1, -0.05) is 73.7 Å². The van der Waals surface area contributed by atoms with E-state index in [0.717, 1.165) is 60.9 Å². The zero-order valence-corrected chi connectivity index (χ0v) is 26.0. The summed E-state index contributed by atoms with van der Waals surface area (Å²) in [6, 6.07) is 32.4. The number of rotatable bonds is 10. The topological polar surface area (TPSA) is 102 Å². The average Bonchev–Trinajstić information content (AvgIpc) is 3.10. The van der Waals surface area contributed by atoms with Gasteiger partial charge in [0.05, 0.1) is 32.0 Å². The predicted molar refractivity (Wildman–Crippen MR) is 175 cm³/mol. The van der Waals surface area contributed by atoms with Crippen molar-refractivity contribution >= 4 is 11.7 Å². The van der Waals surface area contributed by atoms with Gasteiger partial charge in [-0.3, -0.25) is 4.90 Å². The van der Waals surface area contributed by atoms with Crippen molar-refractivity contribution in [1.29, 1.82) is 0 Å². The summed E-state index contributed by atoms with van der Waals surface area (Å²) in [6.07, 6.45) is -0.742. The number of anilines is 1. The van der Waals surface area contributed by atoms with E-state index in [1.807, 2.05) is 91.0 Å². The van der Waals surface area contributed by atoms with Gasteiger partial charge in [0.2, 0.25) is 0 Å². The van der Waals surface area contributed by atoms with Crippen molar-refractivity contribution in [3.8, 4) is 11.5 Å². The Morgan fingerprint density at radius 1 is 0.826 bits per heavy atom. The molecule has 2 heterocycles. The van der Waals surface area contributed by atoms with Crippen LogP contribution in [0.15, 0.2) is 103 Å². The second-order valence-electron chi connectivity index (χ2n) is 11.7. The smallest absolute Gasteiger partial charge is 0.319 e. The summed E-state index contributed by atoms with van der Waals surface area (Å²) in [6.45, 7) is 6.59. The Labute approximate surface area is 270 Å². The van der Waals surface area contributed by atoms with Crippen LogP contribution in [-0.2, 0) is 27.4 Å². The molecule has 2 aliphatic rings. The van der Waals surface area contributed by atoms with Crippen LogP contribution in [0.5, 0.6) is 11.5 Å². The lowest BCUT2D eigenvalue weighted by atomic mass is 9.90. The van der Waals surface area contributed by atoms with Crippen molar-refractivity contribution in [1.82, 2.24) is 10.2 Å². The van der Waals surface area contributed by atoms with E-state index in [4.69, 9.17) is 18.9 Å². The minimum Gasteiger partial charge on any atom is -0.457 e. The van der Waals surface area contributed by atoms with E-state index >= 15 is 0 Å². The molecular weight excluding hydrogens is 582 g/mol. The Balaban J connectivity index is 1.06. The molecule has 2 fully saturated rings. The zero-order valence-electron chi connectivity index (χ0n) is 26.0. The van der Waals surface area contributed by atoms with Crippen LogP contribution in [0.1, 0.15) is 41.6 Å². The van der Waals surface area contributed by atoms with E-state index in [2.05, 4.69) is 22.5 Å². The summed E-state index contributed by atoms with van der Waals surface area (Å²) in [7, 11) is 0. The Morgan fingerprint density at radius 2 is 1.48 bits per heavy atom. The van der Waals surface area contributed by atoms with Crippen molar-refractivity contribution in [3.63, 3.8) is 0 Å². The van der Waals surface area contributed by atoms with Gasteiger partial charge in [-0.05, 0) is 53.1 Å². The van der Waals surface area contributed by atoms with Gasteiger partial charge in [-0.25, -0.2) is 4.79 Å². The first-order chi connectivity index (χ1) is 22.5. The fourth-order valence-electron chi connectivity index (χ4n) is 5.75. The van der Waals surface area contributed by atoms with E-state index in [1.165, 1.54) is 0 Å². The number of hydrogen-bond acceptors (Lipinski definition) is 7. The molecule has 2 saturated heterocycles. The zero-order chi connectivity index (χ0) is 31.7. The molecule has 0 bridgehead atoms. The summed E-state index contributed by atoms with van der Waals surface area (Å²) in [5.41, 5.74) is 4.48. The Morgan fingerprint density at radius 3 is 2.17 bits per heavy atom. The van der Waals surface area contributed by atoms with Crippen molar-refractivity contribution in [2.45, 2.75) is 38.6 Å². The highest BCUT2D eigenvalue weighted by atomic mass is 16.7. The average molecular weight is 624 g/mol. The third-order valence-electron chi connectivity index (χ3n) is 8.46.